The number of esters is 2. The van der Waals surface area contributed by atoms with Gasteiger partial charge in [-0.15, -0.1) is 0 Å². The number of methoxy groups -OCH3 is 2. The molecule has 0 spiro atoms. The molecule has 0 amide bonds. The summed E-state index contributed by atoms with van der Waals surface area (Å²) in [5, 5.41) is 8.07. The molecule has 0 bridgehead atoms. The van der Waals surface area contributed by atoms with Crippen LogP contribution in [0.3, 0.4) is 0 Å². The molecule has 0 radical (unpaired) electrons. The molecule has 19 heavy (non-hydrogen) atoms. The van der Waals surface area contributed by atoms with Crippen LogP contribution in [0.2, 0.25) is 0 Å². The van der Waals surface area contributed by atoms with Crippen LogP contribution in [0.15, 0.2) is 10.2 Å². The minimum absolute atomic E-state index is 0.0582. The van der Waals surface area contributed by atoms with Gasteiger partial charge in [0.25, 0.3) is 0 Å². The average Bonchev–Trinajstić information content (AvgIpc) is 2.41. The van der Waals surface area contributed by atoms with Crippen molar-refractivity contribution >= 4 is 11.9 Å². The van der Waals surface area contributed by atoms with E-state index in [2.05, 4.69) is 15.0 Å². The fraction of sp³-hybridized carbons (Fsp3) is 0.846. The van der Waals surface area contributed by atoms with E-state index in [-0.39, 0.29) is 5.92 Å². The van der Waals surface area contributed by atoms with Crippen LogP contribution >= 0.6 is 0 Å². The van der Waals surface area contributed by atoms with Crippen LogP contribution in [0.1, 0.15) is 41.0 Å². The van der Waals surface area contributed by atoms with Crippen molar-refractivity contribution in [2.24, 2.45) is 16.1 Å². The molecule has 0 saturated carbocycles. The summed E-state index contributed by atoms with van der Waals surface area (Å²) >= 11 is 0. The molecular formula is C13H24N2O4. The monoisotopic (exact) mass is 272 g/mol. The van der Waals surface area contributed by atoms with Crippen LogP contribution < -0.4 is 0 Å². The fourth-order valence-electron chi connectivity index (χ4n) is 1.46. The first-order chi connectivity index (χ1) is 8.65. The number of carbonyl (C=O) groups excluding carboxylic acids is 2. The largest absolute Gasteiger partial charge is 0.467 e. The number of azo groups is 1. The van der Waals surface area contributed by atoms with Crippen LogP contribution in [-0.2, 0) is 19.1 Å². The molecule has 0 aromatic heterocycles. The Morgan fingerprint density at radius 3 is 1.89 bits per heavy atom. The third kappa shape index (κ3) is 4.01. The minimum Gasteiger partial charge on any atom is -0.467 e. The molecule has 0 heterocycles. The summed E-state index contributed by atoms with van der Waals surface area (Å²) in [6.45, 7) is 8.66. The van der Waals surface area contributed by atoms with E-state index in [1.807, 2.05) is 13.8 Å². The highest BCUT2D eigenvalue weighted by atomic mass is 16.5. The predicted molar refractivity (Wildman–Crippen MR) is 70.8 cm³/mol. The molecular weight excluding hydrogens is 248 g/mol. The second kappa shape index (κ2) is 6.63. The Hall–Kier alpha value is -1.46. The molecule has 0 N–H and O–H groups in total. The summed E-state index contributed by atoms with van der Waals surface area (Å²) in [6, 6.07) is 0. The topological polar surface area (TPSA) is 77.3 Å². The zero-order chi connectivity index (χ0) is 15.3. The zero-order valence-corrected chi connectivity index (χ0v) is 12.8. The van der Waals surface area contributed by atoms with Crippen molar-refractivity contribution in [1.82, 2.24) is 0 Å². The molecule has 0 aromatic rings. The molecule has 110 valence electrons. The fourth-order valence-corrected chi connectivity index (χ4v) is 1.46. The summed E-state index contributed by atoms with van der Waals surface area (Å²) in [4.78, 5) is 23.4. The van der Waals surface area contributed by atoms with E-state index < -0.39 is 23.0 Å². The number of ether oxygens (including phenoxy) is 2. The van der Waals surface area contributed by atoms with E-state index in [0.717, 1.165) is 6.42 Å². The lowest BCUT2D eigenvalue weighted by Gasteiger charge is -2.28. The van der Waals surface area contributed by atoms with E-state index in [0.29, 0.717) is 0 Å². The van der Waals surface area contributed by atoms with Gasteiger partial charge in [-0.1, -0.05) is 20.3 Å². The minimum atomic E-state index is -1.13. The van der Waals surface area contributed by atoms with Gasteiger partial charge >= 0.3 is 11.9 Å². The predicted octanol–water partition coefficient (Wildman–Crippen LogP) is 2.37. The average molecular weight is 272 g/mol. The first-order valence-electron chi connectivity index (χ1n) is 6.26. The SMILES string of the molecule is CCC(C)C(C)(N=NC(C)(C)C(=O)OC)C(=O)OC. The maximum absolute atomic E-state index is 11.9. The molecule has 0 aromatic carbocycles. The quantitative estimate of drug-likeness (QED) is 0.549. The van der Waals surface area contributed by atoms with Gasteiger partial charge in [0.1, 0.15) is 0 Å². The van der Waals surface area contributed by atoms with Gasteiger partial charge in [0, 0.05) is 0 Å². The van der Waals surface area contributed by atoms with E-state index in [9.17, 15) is 9.59 Å². The standard InChI is InChI=1S/C13H24N2O4/c1-8-9(2)13(5,11(17)19-7)15-14-12(3,4)10(16)18-6/h9H,8H2,1-7H3. The third-order valence-electron chi connectivity index (χ3n) is 3.36. The van der Waals surface area contributed by atoms with Gasteiger partial charge in [-0.25, -0.2) is 9.59 Å². The van der Waals surface area contributed by atoms with Crippen LogP contribution in [-0.4, -0.2) is 37.2 Å². The van der Waals surface area contributed by atoms with Crippen LogP contribution in [0.5, 0.6) is 0 Å². The molecule has 0 aliphatic heterocycles. The van der Waals surface area contributed by atoms with E-state index in [1.54, 1.807) is 20.8 Å². The Morgan fingerprint density at radius 1 is 1.05 bits per heavy atom. The molecule has 0 rings (SSSR count). The lowest BCUT2D eigenvalue weighted by atomic mass is 9.86. The van der Waals surface area contributed by atoms with Crippen molar-refractivity contribution in [2.45, 2.75) is 52.1 Å². The maximum atomic E-state index is 11.9. The maximum Gasteiger partial charge on any atom is 0.335 e. The van der Waals surface area contributed by atoms with Crippen molar-refractivity contribution in [2.75, 3.05) is 14.2 Å². The molecule has 0 aliphatic carbocycles. The molecule has 2 unspecified atom stereocenters. The Morgan fingerprint density at radius 2 is 1.53 bits per heavy atom. The molecule has 2 atom stereocenters. The normalized spacial score (nSPS) is 16.8. The van der Waals surface area contributed by atoms with Crippen molar-refractivity contribution in [3.05, 3.63) is 0 Å². The highest BCUT2D eigenvalue weighted by Crippen LogP contribution is 2.28. The summed E-state index contributed by atoms with van der Waals surface area (Å²) in [5.74, 6) is -1.03. The van der Waals surface area contributed by atoms with Crippen molar-refractivity contribution in [1.29, 1.82) is 0 Å². The second-order valence-corrected chi connectivity index (χ2v) is 5.20. The van der Waals surface area contributed by atoms with Gasteiger partial charge in [0.15, 0.2) is 11.1 Å². The smallest absolute Gasteiger partial charge is 0.335 e. The number of hydrogen-bond donors (Lipinski definition) is 0. The Kier molecular flexibility index (Phi) is 6.12. The molecule has 0 saturated heterocycles. The van der Waals surface area contributed by atoms with Crippen molar-refractivity contribution in [3.8, 4) is 0 Å². The Balaban J connectivity index is 5.35. The number of carbonyl (C=O) groups is 2. The summed E-state index contributed by atoms with van der Waals surface area (Å²) in [5.41, 5.74) is -2.23. The van der Waals surface area contributed by atoms with Crippen LogP contribution in [0.4, 0.5) is 0 Å². The summed E-state index contributed by atoms with van der Waals surface area (Å²) in [7, 11) is 2.59. The zero-order valence-electron chi connectivity index (χ0n) is 12.8. The van der Waals surface area contributed by atoms with E-state index in [4.69, 9.17) is 4.74 Å². The first-order valence-corrected chi connectivity index (χ1v) is 6.26. The van der Waals surface area contributed by atoms with Gasteiger partial charge in [0.2, 0.25) is 0 Å². The van der Waals surface area contributed by atoms with Crippen molar-refractivity contribution < 1.29 is 19.1 Å². The molecule has 6 nitrogen and oxygen atoms in total. The highest BCUT2D eigenvalue weighted by Gasteiger charge is 2.41. The van der Waals surface area contributed by atoms with E-state index in [1.165, 1.54) is 14.2 Å². The summed E-state index contributed by atoms with van der Waals surface area (Å²) < 4.78 is 9.43. The molecule has 0 fully saturated rings. The van der Waals surface area contributed by atoms with Gasteiger partial charge in [-0.3, -0.25) is 0 Å². The van der Waals surface area contributed by atoms with Gasteiger partial charge < -0.3 is 9.47 Å². The summed E-state index contributed by atoms with van der Waals surface area (Å²) in [6.07, 6.45) is 0.739. The number of nitrogens with zero attached hydrogens (tertiary/aromatic N) is 2. The van der Waals surface area contributed by atoms with Crippen LogP contribution in [0, 0.1) is 5.92 Å². The second-order valence-electron chi connectivity index (χ2n) is 5.20. The van der Waals surface area contributed by atoms with Gasteiger partial charge in [-0.2, -0.15) is 10.2 Å². The van der Waals surface area contributed by atoms with Gasteiger partial charge in [0.05, 0.1) is 14.2 Å². The molecule has 6 heteroatoms. The number of hydrogen-bond acceptors (Lipinski definition) is 6. The molecule has 0 aliphatic rings. The van der Waals surface area contributed by atoms with E-state index >= 15 is 0 Å². The Labute approximate surface area is 114 Å². The third-order valence-corrected chi connectivity index (χ3v) is 3.36. The Bertz CT molecular complexity index is 366. The lowest BCUT2D eigenvalue weighted by Crippen LogP contribution is -2.41. The highest BCUT2D eigenvalue weighted by molar-refractivity contribution is 5.81. The first kappa shape index (κ1) is 17.5. The lowest BCUT2D eigenvalue weighted by molar-refractivity contribution is -0.150. The number of rotatable bonds is 6. The van der Waals surface area contributed by atoms with Crippen molar-refractivity contribution in [3.63, 3.8) is 0 Å². The van der Waals surface area contributed by atoms with Crippen LogP contribution in [0.25, 0.3) is 0 Å². The van der Waals surface area contributed by atoms with Gasteiger partial charge in [-0.05, 0) is 26.7 Å².